The molecule has 9 rings (SSSR count). The van der Waals surface area contributed by atoms with Crippen LogP contribution in [0, 0.1) is 0 Å². The van der Waals surface area contributed by atoms with E-state index in [9.17, 15) is 0 Å². The van der Waals surface area contributed by atoms with Crippen LogP contribution in [-0.2, 0) is 0 Å². The molecule has 0 radical (unpaired) electrons. The molecule has 0 aliphatic carbocycles. The van der Waals surface area contributed by atoms with E-state index in [1.54, 1.807) is 0 Å². The Labute approximate surface area is 256 Å². The molecule has 0 amide bonds. The van der Waals surface area contributed by atoms with Gasteiger partial charge in [0.05, 0.1) is 0 Å². The first kappa shape index (κ1) is 24.8. The minimum Gasteiger partial charge on any atom is -0.0616 e. The molecule has 0 aliphatic rings. The smallest absolute Gasteiger partial charge is 0.00201 e. The molecule has 9 aromatic carbocycles. The molecule has 0 heteroatoms. The molecule has 44 heavy (non-hydrogen) atoms. The predicted octanol–water partition coefficient (Wildman–Crippen LogP) is 12.5. The molecule has 0 nitrogen and oxygen atoms in total. The Bertz CT molecular complexity index is 2490. The fourth-order valence-electron chi connectivity index (χ4n) is 7.21. The minimum absolute atomic E-state index is 1.23. The van der Waals surface area contributed by atoms with E-state index in [2.05, 4.69) is 170 Å². The highest BCUT2D eigenvalue weighted by atomic mass is 14.2. The van der Waals surface area contributed by atoms with Crippen molar-refractivity contribution in [1.29, 1.82) is 0 Å². The van der Waals surface area contributed by atoms with Crippen LogP contribution in [0.25, 0.3) is 87.2 Å². The maximum Gasteiger partial charge on any atom is -0.00201 e. The Morgan fingerprint density at radius 1 is 0.227 bits per heavy atom. The summed E-state index contributed by atoms with van der Waals surface area (Å²) in [6.07, 6.45) is 0. The topological polar surface area (TPSA) is 0 Å². The molecular weight excluding hydrogens is 528 g/mol. The summed E-state index contributed by atoms with van der Waals surface area (Å²) in [4.78, 5) is 0. The zero-order valence-electron chi connectivity index (χ0n) is 24.2. The van der Waals surface area contributed by atoms with Crippen LogP contribution < -0.4 is 0 Å². The third kappa shape index (κ3) is 3.85. The van der Waals surface area contributed by atoms with Crippen LogP contribution in [0.3, 0.4) is 0 Å². The van der Waals surface area contributed by atoms with Gasteiger partial charge in [-0.15, -0.1) is 0 Å². The van der Waals surface area contributed by atoms with Crippen LogP contribution in [0.4, 0.5) is 0 Å². The first-order chi connectivity index (χ1) is 21.8. The molecule has 0 aromatic heterocycles. The van der Waals surface area contributed by atoms with Gasteiger partial charge in [0.1, 0.15) is 0 Å². The van der Waals surface area contributed by atoms with Crippen molar-refractivity contribution >= 4 is 53.9 Å². The van der Waals surface area contributed by atoms with Crippen LogP contribution >= 0.6 is 0 Å². The van der Waals surface area contributed by atoms with Crippen LogP contribution in [0.2, 0.25) is 0 Å². The second kappa shape index (κ2) is 9.93. The standard InChI is InChI=1S/C44H28/c1-2-13-31-27-33(24-23-29(31)11-1)32-14-9-15-34(28-32)43-39-17-5-7-19-41(39)44(42-20-8-6-18-40(42)43)38-22-10-21-36-35-16-4-3-12-30(35)25-26-37(36)38/h1-28H. The lowest BCUT2D eigenvalue weighted by Gasteiger charge is -2.19. The predicted molar refractivity (Wildman–Crippen MR) is 190 cm³/mol. The number of hydrogen-bond donors (Lipinski definition) is 0. The Hall–Kier alpha value is -5.72. The molecule has 0 heterocycles. The van der Waals surface area contributed by atoms with Crippen molar-refractivity contribution in [2.75, 3.05) is 0 Å². The largest absolute Gasteiger partial charge is 0.0616 e. The van der Waals surface area contributed by atoms with Gasteiger partial charge in [-0.05, 0) is 99.4 Å². The molecule has 9 aromatic rings. The van der Waals surface area contributed by atoms with Crippen LogP contribution in [0.1, 0.15) is 0 Å². The Balaban J connectivity index is 1.33. The molecule has 0 fully saturated rings. The van der Waals surface area contributed by atoms with Gasteiger partial charge in [-0.1, -0.05) is 158 Å². The van der Waals surface area contributed by atoms with Crippen LogP contribution in [0.15, 0.2) is 170 Å². The highest BCUT2D eigenvalue weighted by Gasteiger charge is 2.18. The van der Waals surface area contributed by atoms with Gasteiger partial charge >= 0.3 is 0 Å². The lowest BCUT2D eigenvalue weighted by atomic mass is 9.84. The fraction of sp³-hybridized carbons (Fsp3) is 0. The van der Waals surface area contributed by atoms with Gasteiger partial charge < -0.3 is 0 Å². The summed E-state index contributed by atoms with van der Waals surface area (Å²) in [6, 6.07) is 62.3. The van der Waals surface area contributed by atoms with Gasteiger partial charge in [-0.25, -0.2) is 0 Å². The van der Waals surface area contributed by atoms with Gasteiger partial charge in [0.2, 0.25) is 0 Å². The molecule has 0 bridgehead atoms. The number of hydrogen-bond acceptors (Lipinski definition) is 0. The van der Waals surface area contributed by atoms with Crippen LogP contribution in [-0.4, -0.2) is 0 Å². The quantitative estimate of drug-likeness (QED) is 0.150. The van der Waals surface area contributed by atoms with E-state index in [4.69, 9.17) is 0 Å². The Kier molecular flexibility index (Phi) is 5.61. The molecule has 0 unspecified atom stereocenters. The van der Waals surface area contributed by atoms with E-state index in [1.165, 1.54) is 87.2 Å². The molecular formula is C44H28. The van der Waals surface area contributed by atoms with Crippen molar-refractivity contribution in [3.8, 4) is 33.4 Å². The zero-order chi connectivity index (χ0) is 29.0. The summed E-state index contributed by atoms with van der Waals surface area (Å²) in [5.74, 6) is 0. The van der Waals surface area contributed by atoms with Crippen molar-refractivity contribution in [2.24, 2.45) is 0 Å². The first-order valence-electron chi connectivity index (χ1n) is 15.3. The highest BCUT2D eigenvalue weighted by Crippen LogP contribution is 2.46. The van der Waals surface area contributed by atoms with E-state index in [-0.39, 0.29) is 0 Å². The monoisotopic (exact) mass is 556 g/mol. The zero-order valence-corrected chi connectivity index (χ0v) is 24.2. The molecule has 0 saturated carbocycles. The van der Waals surface area contributed by atoms with E-state index in [0.717, 1.165) is 0 Å². The average Bonchev–Trinajstić information content (AvgIpc) is 3.10. The average molecular weight is 557 g/mol. The Morgan fingerprint density at radius 2 is 0.750 bits per heavy atom. The second-order valence-corrected chi connectivity index (χ2v) is 11.7. The molecule has 204 valence electrons. The van der Waals surface area contributed by atoms with Gasteiger partial charge in [0, 0.05) is 0 Å². The van der Waals surface area contributed by atoms with Gasteiger partial charge in [-0.2, -0.15) is 0 Å². The van der Waals surface area contributed by atoms with Crippen molar-refractivity contribution in [3.63, 3.8) is 0 Å². The van der Waals surface area contributed by atoms with Crippen molar-refractivity contribution in [3.05, 3.63) is 170 Å². The van der Waals surface area contributed by atoms with Crippen molar-refractivity contribution < 1.29 is 0 Å². The number of benzene rings is 9. The lowest BCUT2D eigenvalue weighted by molar-refractivity contribution is 1.63. The number of rotatable bonds is 3. The summed E-state index contributed by atoms with van der Waals surface area (Å²) in [7, 11) is 0. The fourth-order valence-corrected chi connectivity index (χ4v) is 7.21. The van der Waals surface area contributed by atoms with E-state index in [0.29, 0.717) is 0 Å². The summed E-state index contributed by atoms with van der Waals surface area (Å²) in [5, 5.41) is 12.8. The van der Waals surface area contributed by atoms with E-state index in [1.807, 2.05) is 0 Å². The maximum absolute atomic E-state index is 2.36. The normalized spacial score (nSPS) is 11.6. The highest BCUT2D eigenvalue weighted by molar-refractivity contribution is 6.24. The van der Waals surface area contributed by atoms with Gasteiger partial charge in [0.15, 0.2) is 0 Å². The van der Waals surface area contributed by atoms with Crippen molar-refractivity contribution in [2.45, 2.75) is 0 Å². The van der Waals surface area contributed by atoms with Gasteiger partial charge in [-0.3, -0.25) is 0 Å². The van der Waals surface area contributed by atoms with E-state index < -0.39 is 0 Å². The summed E-state index contributed by atoms with van der Waals surface area (Å²) in [5.41, 5.74) is 7.56. The summed E-state index contributed by atoms with van der Waals surface area (Å²) in [6.45, 7) is 0. The van der Waals surface area contributed by atoms with Gasteiger partial charge in [0.25, 0.3) is 0 Å². The van der Waals surface area contributed by atoms with E-state index >= 15 is 0 Å². The molecule has 0 aliphatic heterocycles. The number of fused-ring (bicyclic) bond motifs is 6. The Morgan fingerprint density at radius 3 is 1.50 bits per heavy atom. The molecule has 0 N–H and O–H groups in total. The molecule has 0 atom stereocenters. The third-order valence-electron chi connectivity index (χ3n) is 9.22. The van der Waals surface area contributed by atoms with Crippen molar-refractivity contribution in [1.82, 2.24) is 0 Å². The SMILES string of the molecule is c1cc(-c2ccc3ccccc3c2)cc(-c2c3ccccc3c(-c3cccc4c3ccc3ccccc34)c3ccccc23)c1. The molecule has 0 spiro atoms. The minimum atomic E-state index is 1.23. The third-order valence-corrected chi connectivity index (χ3v) is 9.22. The summed E-state index contributed by atoms with van der Waals surface area (Å²) >= 11 is 0. The first-order valence-corrected chi connectivity index (χ1v) is 15.3. The second-order valence-electron chi connectivity index (χ2n) is 11.7. The lowest BCUT2D eigenvalue weighted by Crippen LogP contribution is -1.92. The maximum atomic E-state index is 2.36. The van der Waals surface area contributed by atoms with Crippen LogP contribution in [0.5, 0.6) is 0 Å². The summed E-state index contributed by atoms with van der Waals surface area (Å²) < 4.78 is 0. The molecule has 0 saturated heterocycles.